The van der Waals surface area contributed by atoms with Gasteiger partial charge in [-0.1, -0.05) is 0 Å². The summed E-state index contributed by atoms with van der Waals surface area (Å²) in [5.74, 6) is 0.714. The zero-order valence-electron chi connectivity index (χ0n) is 7.32. The predicted octanol–water partition coefficient (Wildman–Crippen LogP) is 1.11. The van der Waals surface area contributed by atoms with Crippen LogP contribution in [0.25, 0.3) is 0 Å². The zero-order chi connectivity index (χ0) is 9.10. The molecule has 70 valence electrons. The molecule has 1 aromatic rings. The van der Waals surface area contributed by atoms with Crippen molar-refractivity contribution in [1.82, 2.24) is 10.3 Å². The van der Waals surface area contributed by atoms with Gasteiger partial charge < -0.3 is 5.32 Å². The first kappa shape index (κ1) is 8.84. The van der Waals surface area contributed by atoms with Gasteiger partial charge in [-0.2, -0.15) is 0 Å². The van der Waals surface area contributed by atoms with Crippen LogP contribution in [0.3, 0.4) is 0 Å². The Morgan fingerprint density at radius 2 is 2.69 bits per heavy atom. The van der Waals surface area contributed by atoms with Crippen molar-refractivity contribution in [2.75, 3.05) is 13.1 Å². The molecule has 1 N–H and O–H groups in total. The number of aldehydes is 1. The van der Waals surface area contributed by atoms with Crippen LogP contribution in [0, 0.1) is 5.92 Å². The summed E-state index contributed by atoms with van der Waals surface area (Å²) in [7, 11) is 0. The van der Waals surface area contributed by atoms with Gasteiger partial charge in [-0.15, -0.1) is 11.3 Å². The quantitative estimate of drug-likeness (QED) is 0.736. The summed E-state index contributed by atoms with van der Waals surface area (Å²) >= 11 is 1.51. The van der Waals surface area contributed by atoms with E-state index in [-0.39, 0.29) is 0 Å². The predicted molar refractivity (Wildman–Crippen MR) is 52.2 cm³/mol. The molecule has 0 spiro atoms. The molecule has 0 amide bonds. The molecule has 3 nitrogen and oxygen atoms in total. The molecule has 2 heterocycles. The highest BCUT2D eigenvalue weighted by atomic mass is 32.1. The van der Waals surface area contributed by atoms with Gasteiger partial charge in [0.25, 0.3) is 0 Å². The lowest BCUT2D eigenvalue weighted by molar-refractivity contribution is 0.112. The summed E-state index contributed by atoms with van der Waals surface area (Å²) < 4.78 is 0. The van der Waals surface area contributed by atoms with E-state index in [0.717, 1.165) is 35.7 Å². The molecule has 0 bridgehead atoms. The number of carbonyl (C=O) groups is 1. The number of aromatic nitrogens is 1. The van der Waals surface area contributed by atoms with Crippen LogP contribution >= 0.6 is 11.3 Å². The summed E-state index contributed by atoms with van der Waals surface area (Å²) in [5.41, 5.74) is 0. The molecule has 0 aliphatic carbocycles. The molecule has 1 aromatic heterocycles. The molecule has 0 aromatic carbocycles. The highest BCUT2D eigenvalue weighted by molar-refractivity contribution is 7.13. The molecule has 2 rings (SSSR count). The highest BCUT2D eigenvalue weighted by Crippen LogP contribution is 2.18. The third kappa shape index (κ3) is 2.14. The van der Waals surface area contributed by atoms with Crippen LogP contribution < -0.4 is 5.32 Å². The van der Waals surface area contributed by atoms with Crippen molar-refractivity contribution in [3.63, 3.8) is 0 Å². The fourth-order valence-electron chi connectivity index (χ4n) is 1.61. The van der Waals surface area contributed by atoms with E-state index in [1.165, 1.54) is 17.8 Å². The average molecular weight is 196 g/mol. The monoisotopic (exact) mass is 196 g/mol. The van der Waals surface area contributed by atoms with Gasteiger partial charge in [0, 0.05) is 12.6 Å². The molecule has 4 heteroatoms. The van der Waals surface area contributed by atoms with Crippen molar-refractivity contribution < 1.29 is 4.79 Å². The fourth-order valence-corrected chi connectivity index (χ4v) is 2.46. The normalized spacial score (nSPS) is 22.0. The molecule has 0 radical (unpaired) electrons. The number of nitrogens with zero attached hydrogens (tertiary/aromatic N) is 1. The zero-order valence-corrected chi connectivity index (χ0v) is 8.14. The summed E-state index contributed by atoms with van der Waals surface area (Å²) in [6.07, 6.45) is 4.78. The van der Waals surface area contributed by atoms with Gasteiger partial charge in [0.15, 0.2) is 6.29 Å². The van der Waals surface area contributed by atoms with Crippen LogP contribution in [-0.4, -0.2) is 24.4 Å². The lowest BCUT2D eigenvalue weighted by atomic mass is 10.1. The van der Waals surface area contributed by atoms with E-state index in [1.54, 1.807) is 6.20 Å². The third-order valence-electron chi connectivity index (χ3n) is 2.31. The Morgan fingerprint density at radius 1 is 1.77 bits per heavy atom. The molecule has 1 atom stereocenters. The third-order valence-corrected chi connectivity index (χ3v) is 3.26. The van der Waals surface area contributed by atoms with Crippen molar-refractivity contribution >= 4 is 17.6 Å². The molecule has 1 fully saturated rings. The molecule has 0 saturated carbocycles. The molecule has 13 heavy (non-hydrogen) atoms. The van der Waals surface area contributed by atoms with Gasteiger partial charge >= 0.3 is 0 Å². The van der Waals surface area contributed by atoms with E-state index in [4.69, 9.17) is 0 Å². The first-order valence-corrected chi connectivity index (χ1v) is 5.31. The van der Waals surface area contributed by atoms with Crippen LogP contribution in [0.4, 0.5) is 0 Å². The van der Waals surface area contributed by atoms with Crippen LogP contribution in [-0.2, 0) is 6.42 Å². The summed E-state index contributed by atoms with van der Waals surface area (Å²) in [6.45, 7) is 2.21. The second-order valence-corrected chi connectivity index (χ2v) is 4.48. The number of hydrogen-bond acceptors (Lipinski definition) is 4. The summed E-state index contributed by atoms with van der Waals surface area (Å²) in [5, 5.41) is 4.41. The lowest BCUT2D eigenvalue weighted by Gasteiger charge is -2.03. The number of nitrogens with one attached hydrogen (secondary N) is 1. The smallest absolute Gasteiger partial charge is 0.161 e. The van der Waals surface area contributed by atoms with Crippen molar-refractivity contribution in [1.29, 1.82) is 0 Å². The lowest BCUT2D eigenvalue weighted by Crippen LogP contribution is -2.10. The maximum atomic E-state index is 10.4. The Hall–Kier alpha value is -0.740. The minimum absolute atomic E-state index is 0.714. The number of thiazole rings is 1. The second-order valence-electron chi connectivity index (χ2n) is 3.34. The molecule has 1 aliphatic heterocycles. The SMILES string of the molecule is O=Cc1cnc(CC2CCNC2)s1. The first-order valence-electron chi connectivity index (χ1n) is 4.49. The fraction of sp³-hybridized carbons (Fsp3) is 0.556. The Labute approximate surface area is 81.2 Å². The minimum atomic E-state index is 0.714. The number of hydrogen-bond donors (Lipinski definition) is 1. The molecule has 1 aliphatic rings. The Bertz CT molecular complexity index is 292. The van der Waals surface area contributed by atoms with Gasteiger partial charge in [-0.3, -0.25) is 4.79 Å². The van der Waals surface area contributed by atoms with Crippen LogP contribution in [0.1, 0.15) is 21.1 Å². The largest absolute Gasteiger partial charge is 0.316 e. The summed E-state index contributed by atoms with van der Waals surface area (Å²) in [4.78, 5) is 15.4. The standard InChI is InChI=1S/C9H12N2OS/c12-6-8-5-11-9(13-8)3-7-1-2-10-4-7/h5-7,10H,1-4H2. The average Bonchev–Trinajstić information content (AvgIpc) is 2.76. The summed E-state index contributed by atoms with van der Waals surface area (Å²) in [6, 6.07) is 0. The Balaban J connectivity index is 1.96. The van der Waals surface area contributed by atoms with Crippen LogP contribution in [0.15, 0.2) is 6.20 Å². The van der Waals surface area contributed by atoms with E-state index in [2.05, 4.69) is 10.3 Å². The van der Waals surface area contributed by atoms with E-state index < -0.39 is 0 Å². The van der Waals surface area contributed by atoms with Crippen LogP contribution in [0.5, 0.6) is 0 Å². The van der Waals surface area contributed by atoms with E-state index in [0.29, 0.717) is 5.92 Å². The Kier molecular flexibility index (Phi) is 2.71. The van der Waals surface area contributed by atoms with Crippen molar-refractivity contribution in [2.45, 2.75) is 12.8 Å². The molecular weight excluding hydrogens is 184 g/mol. The molecule has 1 saturated heterocycles. The van der Waals surface area contributed by atoms with Crippen molar-refractivity contribution in [3.8, 4) is 0 Å². The number of rotatable bonds is 3. The van der Waals surface area contributed by atoms with Crippen molar-refractivity contribution in [3.05, 3.63) is 16.1 Å². The minimum Gasteiger partial charge on any atom is -0.316 e. The van der Waals surface area contributed by atoms with Gasteiger partial charge in [0.2, 0.25) is 0 Å². The van der Waals surface area contributed by atoms with Gasteiger partial charge in [-0.05, 0) is 25.4 Å². The van der Waals surface area contributed by atoms with E-state index in [1.807, 2.05) is 0 Å². The molecular formula is C9H12N2OS. The first-order chi connectivity index (χ1) is 6.38. The van der Waals surface area contributed by atoms with E-state index in [9.17, 15) is 4.79 Å². The van der Waals surface area contributed by atoms with Crippen LogP contribution in [0.2, 0.25) is 0 Å². The topological polar surface area (TPSA) is 42.0 Å². The van der Waals surface area contributed by atoms with Gasteiger partial charge in [0.05, 0.1) is 9.88 Å². The highest BCUT2D eigenvalue weighted by Gasteiger charge is 2.16. The maximum absolute atomic E-state index is 10.4. The van der Waals surface area contributed by atoms with Crippen molar-refractivity contribution in [2.24, 2.45) is 5.92 Å². The molecule has 1 unspecified atom stereocenters. The van der Waals surface area contributed by atoms with Gasteiger partial charge in [0.1, 0.15) is 0 Å². The Morgan fingerprint density at radius 3 is 3.31 bits per heavy atom. The van der Waals surface area contributed by atoms with E-state index >= 15 is 0 Å². The second kappa shape index (κ2) is 3.98. The van der Waals surface area contributed by atoms with Gasteiger partial charge in [-0.25, -0.2) is 4.98 Å². The number of carbonyl (C=O) groups excluding carboxylic acids is 1. The maximum Gasteiger partial charge on any atom is 0.161 e.